The Morgan fingerprint density at radius 3 is 2.37 bits per heavy atom. The zero-order valence-electron chi connectivity index (χ0n) is 14.9. The summed E-state index contributed by atoms with van der Waals surface area (Å²) < 4.78 is 15.9. The van der Waals surface area contributed by atoms with E-state index in [0.717, 1.165) is 11.3 Å². The fraction of sp³-hybridized carbons (Fsp3) is 0.0909. The van der Waals surface area contributed by atoms with Crippen LogP contribution in [-0.2, 0) is 4.79 Å². The quantitative estimate of drug-likeness (QED) is 0.465. The van der Waals surface area contributed by atoms with Crippen molar-refractivity contribution in [3.63, 3.8) is 0 Å². The van der Waals surface area contributed by atoms with Crippen LogP contribution in [0.5, 0.6) is 17.2 Å². The highest BCUT2D eigenvalue weighted by molar-refractivity contribution is 5.74. The van der Waals surface area contributed by atoms with Crippen LogP contribution in [0.1, 0.15) is 11.3 Å². The molecule has 0 aliphatic carbocycles. The highest BCUT2D eigenvalue weighted by atomic mass is 16.6. The molecule has 0 bridgehead atoms. The molecule has 0 radical (unpaired) electrons. The summed E-state index contributed by atoms with van der Waals surface area (Å²) in [6.45, 7) is -0.207. The molecule has 1 aromatic heterocycles. The van der Waals surface area contributed by atoms with Gasteiger partial charge >= 0.3 is 5.97 Å². The van der Waals surface area contributed by atoms with Crippen LogP contribution in [0.2, 0.25) is 0 Å². The second kappa shape index (κ2) is 9.20. The molecule has 0 spiro atoms. The van der Waals surface area contributed by atoms with E-state index < -0.39 is 5.97 Å². The molecule has 136 valence electrons. The second-order valence-electron chi connectivity index (χ2n) is 5.57. The molecule has 0 saturated heterocycles. The number of pyridine rings is 1. The van der Waals surface area contributed by atoms with E-state index in [1.165, 1.54) is 0 Å². The Kier molecular flexibility index (Phi) is 6.20. The van der Waals surface area contributed by atoms with Gasteiger partial charge in [0.25, 0.3) is 0 Å². The number of nitrogens with zero attached hydrogens (tertiary/aromatic N) is 1. The molecule has 0 saturated carbocycles. The summed E-state index contributed by atoms with van der Waals surface area (Å²) in [5.74, 6) is 1.03. The molecule has 0 N–H and O–H groups in total. The number of benzene rings is 2. The summed E-state index contributed by atoms with van der Waals surface area (Å²) in [6.07, 6.45) is 5.61. The smallest absolute Gasteiger partial charge is 0.349 e. The molecule has 2 aromatic carbocycles. The normalized spacial score (nSPS) is 10.6. The van der Waals surface area contributed by atoms with Crippen molar-refractivity contribution in [2.24, 2.45) is 0 Å². The van der Waals surface area contributed by atoms with E-state index in [9.17, 15) is 4.79 Å². The number of hydrogen-bond acceptors (Lipinski definition) is 5. The molecule has 3 rings (SSSR count). The molecular weight excluding hydrogens is 342 g/mol. The van der Waals surface area contributed by atoms with Crippen molar-refractivity contribution in [3.05, 3.63) is 84.2 Å². The van der Waals surface area contributed by atoms with Crippen LogP contribution in [0.15, 0.2) is 72.9 Å². The van der Waals surface area contributed by atoms with Gasteiger partial charge in [0, 0.05) is 6.20 Å². The molecule has 27 heavy (non-hydrogen) atoms. The minimum atomic E-state index is -0.488. The Balaban J connectivity index is 1.53. The Labute approximate surface area is 157 Å². The maximum absolute atomic E-state index is 12.0. The van der Waals surface area contributed by atoms with Gasteiger partial charge in [-0.3, -0.25) is 4.98 Å². The SMILES string of the molecule is COc1ccccc1OCC(=O)Oc1ccc(/C=C/c2ccccn2)cc1. The third-order valence-corrected chi connectivity index (χ3v) is 3.66. The average molecular weight is 361 g/mol. The molecule has 0 unspecified atom stereocenters. The van der Waals surface area contributed by atoms with Crippen molar-refractivity contribution in [2.45, 2.75) is 0 Å². The third kappa shape index (κ3) is 5.44. The number of esters is 1. The molecule has 0 fully saturated rings. The number of rotatable bonds is 7. The van der Waals surface area contributed by atoms with Gasteiger partial charge in [0.1, 0.15) is 5.75 Å². The molecule has 0 aliphatic heterocycles. The van der Waals surface area contributed by atoms with E-state index in [4.69, 9.17) is 14.2 Å². The van der Waals surface area contributed by atoms with E-state index in [0.29, 0.717) is 17.2 Å². The molecule has 3 aromatic rings. The lowest BCUT2D eigenvalue weighted by atomic mass is 10.2. The van der Waals surface area contributed by atoms with E-state index in [-0.39, 0.29) is 6.61 Å². The van der Waals surface area contributed by atoms with Gasteiger partial charge < -0.3 is 14.2 Å². The number of para-hydroxylation sites is 2. The minimum absolute atomic E-state index is 0.207. The first-order valence-corrected chi connectivity index (χ1v) is 8.40. The minimum Gasteiger partial charge on any atom is -0.493 e. The van der Waals surface area contributed by atoms with Crippen LogP contribution in [0.25, 0.3) is 12.2 Å². The maximum atomic E-state index is 12.0. The molecule has 5 nitrogen and oxygen atoms in total. The summed E-state index contributed by atoms with van der Waals surface area (Å²) in [5, 5.41) is 0. The number of ether oxygens (including phenoxy) is 3. The number of carbonyl (C=O) groups excluding carboxylic acids is 1. The van der Waals surface area contributed by atoms with Crippen molar-refractivity contribution in [1.29, 1.82) is 0 Å². The lowest BCUT2D eigenvalue weighted by molar-refractivity contribution is -0.136. The average Bonchev–Trinajstić information content (AvgIpc) is 2.72. The summed E-state index contributed by atoms with van der Waals surface area (Å²) in [7, 11) is 1.55. The van der Waals surface area contributed by atoms with Crippen LogP contribution in [0, 0.1) is 0 Å². The fourth-order valence-electron chi connectivity index (χ4n) is 2.34. The number of methoxy groups -OCH3 is 1. The van der Waals surface area contributed by atoms with Crippen molar-refractivity contribution in [3.8, 4) is 17.2 Å². The largest absolute Gasteiger partial charge is 0.493 e. The van der Waals surface area contributed by atoms with Gasteiger partial charge in [-0.05, 0) is 48.0 Å². The van der Waals surface area contributed by atoms with Crippen molar-refractivity contribution < 1.29 is 19.0 Å². The van der Waals surface area contributed by atoms with Gasteiger partial charge in [-0.2, -0.15) is 0 Å². The first-order valence-electron chi connectivity index (χ1n) is 8.40. The van der Waals surface area contributed by atoms with E-state index in [1.807, 2.05) is 48.6 Å². The van der Waals surface area contributed by atoms with Crippen molar-refractivity contribution in [1.82, 2.24) is 4.98 Å². The van der Waals surface area contributed by atoms with Crippen LogP contribution in [0.4, 0.5) is 0 Å². The maximum Gasteiger partial charge on any atom is 0.349 e. The zero-order chi connectivity index (χ0) is 18.9. The standard InChI is InChI=1S/C22H19NO4/c1-25-20-7-2-3-8-21(20)26-16-22(24)27-19-13-10-17(11-14-19)9-12-18-6-4-5-15-23-18/h2-15H,16H2,1H3/b12-9+. The zero-order valence-corrected chi connectivity index (χ0v) is 14.9. The number of aromatic nitrogens is 1. The topological polar surface area (TPSA) is 57.7 Å². The van der Waals surface area contributed by atoms with Gasteiger partial charge in [0.2, 0.25) is 0 Å². The summed E-state index contributed by atoms with van der Waals surface area (Å²) in [6, 6.07) is 20.1. The Hall–Kier alpha value is -3.60. The Morgan fingerprint density at radius 2 is 1.67 bits per heavy atom. The van der Waals surface area contributed by atoms with Gasteiger partial charge in [-0.15, -0.1) is 0 Å². The van der Waals surface area contributed by atoms with Gasteiger partial charge in [-0.25, -0.2) is 4.79 Å². The third-order valence-electron chi connectivity index (χ3n) is 3.66. The van der Waals surface area contributed by atoms with Crippen LogP contribution >= 0.6 is 0 Å². The first kappa shape index (κ1) is 18.2. The predicted molar refractivity (Wildman–Crippen MR) is 104 cm³/mol. The van der Waals surface area contributed by atoms with E-state index in [2.05, 4.69) is 4.98 Å². The Bertz CT molecular complexity index is 905. The van der Waals surface area contributed by atoms with Crippen molar-refractivity contribution in [2.75, 3.05) is 13.7 Å². The summed E-state index contributed by atoms with van der Waals surface area (Å²) in [4.78, 5) is 16.2. The van der Waals surface area contributed by atoms with Crippen LogP contribution < -0.4 is 14.2 Å². The molecule has 0 atom stereocenters. The fourth-order valence-corrected chi connectivity index (χ4v) is 2.34. The lowest BCUT2D eigenvalue weighted by Crippen LogP contribution is -2.17. The molecule has 5 heteroatoms. The molecular formula is C22H19NO4. The number of carbonyl (C=O) groups is 1. The highest BCUT2D eigenvalue weighted by Gasteiger charge is 2.09. The predicted octanol–water partition coefficient (Wildman–Crippen LogP) is 4.25. The van der Waals surface area contributed by atoms with Gasteiger partial charge in [-0.1, -0.05) is 36.4 Å². The summed E-state index contributed by atoms with van der Waals surface area (Å²) in [5.41, 5.74) is 1.85. The summed E-state index contributed by atoms with van der Waals surface area (Å²) >= 11 is 0. The van der Waals surface area contributed by atoms with Gasteiger partial charge in [0.15, 0.2) is 18.1 Å². The monoisotopic (exact) mass is 361 g/mol. The second-order valence-corrected chi connectivity index (χ2v) is 5.57. The van der Waals surface area contributed by atoms with Crippen molar-refractivity contribution >= 4 is 18.1 Å². The van der Waals surface area contributed by atoms with E-state index in [1.54, 1.807) is 43.6 Å². The molecule has 0 amide bonds. The highest BCUT2D eigenvalue weighted by Crippen LogP contribution is 2.25. The number of hydrogen-bond donors (Lipinski definition) is 0. The van der Waals surface area contributed by atoms with Gasteiger partial charge in [0.05, 0.1) is 12.8 Å². The lowest BCUT2D eigenvalue weighted by Gasteiger charge is -2.10. The molecule has 1 heterocycles. The van der Waals surface area contributed by atoms with Crippen LogP contribution in [0.3, 0.4) is 0 Å². The molecule has 0 aliphatic rings. The first-order chi connectivity index (χ1) is 13.2. The van der Waals surface area contributed by atoms with E-state index >= 15 is 0 Å². The van der Waals surface area contributed by atoms with Crippen LogP contribution in [-0.4, -0.2) is 24.7 Å². The Morgan fingerprint density at radius 1 is 0.926 bits per heavy atom.